The number of hydrogen-bond acceptors (Lipinski definition) is 3. The lowest BCUT2D eigenvalue weighted by Crippen LogP contribution is -2.22. The summed E-state index contributed by atoms with van der Waals surface area (Å²) in [6.07, 6.45) is 1.34. The third-order valence-corrected chi connectivity index (χ3v) is 2.87. The fraction of sp³-hybridized carbons (Fsp3) is 0.0769. The zero-order valence-corrected chi connectivity index (χ0v) is 11.3. The second-order valence-corrected chi connectivity index (χ2v) is 4.61. The Kier molecular flexibility index (Phi) is 4.01. The predicted molar refractivity (Wildman–Crippen MR) is 71.0 cm³/mol. The highest BCUT2D eigenvalue weighted by Crippen LogP contribution is 2.14. The molecule has 0 radical (unpaired) electrons. The number of hydrogen-bond donors (Lipinski definition) is 2. The first-order chi connectivity index (χ1) is 9.06. The quantitative estimate of drug-likeness (QED) is 0.906. The summed E-state index contributed by atoms with van der Waals surface area (Å²) < 4.78 is 5.44. The van der Waals surface area contributed by atoms with Crippen molar-refractivity contribution < 1.29 is 19.1 Å². The van der Waals surface area contributed by atoms with Gasteiger partial charge < -0.3 is 14.8 Å². The van der Waals surface area contributed by atoms with E-state index in [0.717, 1.165) is 5.56 Å². The number of carboxylic acids is 1. The van der Waals surface area contributed by atoms with E-state index in [2.05, 4.69) is 21.2 Å². The first-order valence-electron chi connectivity index (χ1n) is 5.41. The van der Waals surface area contributed by atoms with Gasteiger partial charge in [-0.25, -0.2) is 4.79 Å². The highest BCUT2D eigenvalue weighted by Gasteiger charge is 2.09. The molecule has 0 aliphatic carbocycles. The van der Waals surface area contributed by atoms with Gasteiger partial charge in [0, 0.05) is 12.6 Å². The SMILES string of the molecule is O=C(O)c1cccc(CNC(=O)c2coc(Br)c2)c1. The van der Waals surface area contributed by atoms with E-state index < -0.39 is 5.97 Å². The monoisotopic (exact) mass is 323 g/mol. The average Bonchev–Trinajstić information content (AvgIpc) is 2.83. The fourth-order valence-corrected chi connectivity index (χ4v) is 1.87. The number of aromatic carboxylic acids is 1. The molecule has 0 spiro atoms. The Morgan fingerprint density at radius 1 is 1.26 bits per heavy atom. The van der Waals surface area contributed by atoms with Crippen molar-refractivity contribution in [2.45, 2.75) is 6.54 Å². The molecule has 2 aromatic rings. The van der Waals surface area contributed by atoms with Gasteiger partial charge >= 0.3 is 5.97 Å². The molecule has 0 bridgehead atoms. The van der Waals surface area contributed by atoms with Gasteiger partial charge in [-0.05, 0) is 33.6 Å². The average molecular weight is 324 g/mol. The minimum Gasteiger partial charge on any atom is -0.478 e. The number of carbonyl (C=O) groups excluding carboxylic acids is 1. The zero-order chi connectivity index (χ0) is 13.8. The summed E-state index contributed by atoms with van der Waals surface area (Å²) in [5.41, 5.74) is 1.31. The van der Waals surface area contributed by atoms with Crippen LogP contribution in [0.1, 0.15) is 26.3 Å². The van der Waals surface area contributed by atoms with Crippen LogP contribution in [0.4, 0.5) is 0 Å². The molecule has 1 heterocycles. The van der Waals surface area contributed by atoms with E-state index in [1.165, 1.54) is 18.4 Å². The highest BCUT2D eigenvalue weighted by atomic mass is 79.9. The van der Waals surface area contributed by atoms with E-state index >= 15 is 0 Å². The smallest absolute Gasteiger partial charge is 0.335 e. The van der Waals surface area contributed by atoms with E-state index in [1.54, 1.807) is 18.2 Å². The topological polar surface area (TPSA) is 79.5 Å². The minimum absolute atomic E-state index is 0.192. The number of benzene rings is 1. The van der Waals surface area contributed by atoms with Crippen LogP contribution in [-0.2, 0) is 6.54 Å². The third kappa shape index (κ3) is 3.45. The first-order valence-corrected chi connectivity index (χ1v) is 6.20. The summed E-state index contributed by atoms with van der Waals surface area (Å²) in [6.45, 7) is 0.253. The van der Waals surface area contributed by atoms with Gasteiger partial charge in [-0.3, -0.25) is 4.79 Å². The van der Waals surface area contributed by atoms with E-state index in [9.17, 15) is 9.59 Å². The summed E-state index contributed by atoms with van der Waals surface area (Å²) in [5.74, 6) is -1.28. The lowest BCUT2D eigenvalue weighted by Gasteiger charge is -2.04. The van der Waals surface area contributed by atoms with Crippen molar-refractivity contribution in [3.63, 3.8) is 0 Å². The Morgan fingerprint density at radius 2 is 2.05 bits per heavy atom. The van der Waals surface area contributed by atoms with Crippen molar-refractivity contribution in [2.75, 3.05) is 0 Å². The maximum Gasteiger partial charge on any atom is 0.335 e. The molecule has 6 heteroatoms. The number of carbonyl (C=O) groups is 2. The van der Waals surface area contributed by atoms with E-state index in [4.69, 9.17) is 9.52 Å². The third-order valence-electron chi connectivity index (χ3n) is 2.46. The Bertz CT molecular complexity index is 621. The molecule has 0 unspecified atom stereocenters. The largest absolute Gasteiger partial charge is 0.478 e. The van der Waals surface area contributed by atoms with Gasteiger partial charge in [0.1, 0.15) is 6.26 Å². The molecule has 0 fully saturated rings. The van der Waals surface area contributed by atoms with E-state index in [0.29, 0.717) is 10.2 Å². The molecule has 98 valence electrons. The molecule has 0 atom stereocenters. The zero-order valence-electron chi connectivity index (χ0n) is 9.72. The van der Waals surface area contributed by atoms with E-state index in [-0.39, 0.29) is 18.0 Å². The van der Waals surface area contributed by atoms with Crippen molar-refractivity contribution in [1.29, 1.82) is 0 Å². The van der Waals surface area contributed by atoms with Gasteiger partial charge in [-0.1, -0.05) is 12.1 Å². The molecule has 0 saturated carbocycles. The summed E-state index contributed by atoms with van der Waals surface area (Å²) >= 11 is 3.11. The Labute approximate surface area is 117 Å². The summed E-state index contributed by atoms with van der Waals surface area (Å²) in [6, 6.07) is 7.97. The van der Waals surface area contributed by atoms with Crippen molar-refractivity contribution in [2.24, 2.45) is 0 Å². The lowest BCUT2D eigenvalue weighted by molar-refractivity contribution is 0.0696. The van der Waals surface area contributed by atoms with Crippen LogP contribution in [0.5, 0.6) is 0 Å². The van der Waals surface area contributed by atoms with Crippen LogP contribution in [0.15, 0.2) is 45.7 Å². The Balaban J connectivity index is 2.01. The molecule has 1 amide bonds. The summed E-state index contributed by atoms with van der Waals surface area (Å²) in [5, 5.41) is 11.5. The fourth-order valence-electron chi connectivity index (χ4n) is 1.53. The molecular weight excluding hydrogens is 314 g/mol. The molecular formula is C13H10BrNO4. The van der Waals surface area contributed by atoms with Crippen molar-refractivity contribution in [3.8, 4) is 0 Å². The molecule has 5 nitrogen and oxygen atoms in total. The van der Waals surface area contributed by atoms with Crippen LogP contribution in [0.2, 0.25) is 0 Å². The molecule has 2 rings (SSSR count). The summed E-state index contributed by atoms with van der Waals surface area (Å²) in [7, 11) is 0. The molecule has 0 saturated heterocycles. The molecule has 0 aliphatic heterocycles. The van der Waals surface area contributed by atoms with Gasteiger partial charge in [-0.2, -0.15) is 0 Å². The highest BCUT2D eigenvalue weighted by molar-refractivity contribution is 9.10. The number of amides is 1. The molecule has 19 heavy (non-hydrogen) atoms. The van der Waals surface area contributed by atoms with Gasteiger partial charge in [0.25, 0.3) is 5.91 Å². The molecule has 0 aliphatic rings. The van der Waals surface area contributed by atoms with Crippen LogP contribution >= 0.6 is 15.9 Å². The maximum atomic E-state index is 11.7. The van der Waals surface area contributed by atoms with Crippen molar-refractivity contribution in [1.82, 2.24) is 5.32 Å². The lowest BCUT2D eigenvalue weighted by atomic mass is 10.1. The number of carboxylic acid groups (broad SMARTS) is 1. The van der Waals surface area contributed by atoms with E-state index in [1.807, 2.05) is 0 Å². The van der Waals surface area contributed by atoms with Gasteiger partial charge in [0.05, 0.1) is 11.1 Å². The van der Waals surface area contributed by atoms with Crippen LogP contribution in [0.25, 0.3) is 0 Å². The number of furan rings is 1. The van der Waals surface area contributed by atoms with Crippen molar-refractivity contribution in [3.05, 3.63) is 58.0 Å². The van der Waals surface area contributed by atoms with Gasteiger partial charge in [0.15, 0.2) is 4.67 Å². The number of nitrogens with one attached hydrogen (secondary N) is 1. The molecule has 1 aromatic carbocycles. The standard InChI is InChI=1S/C13H10BrNO4/c14-11-5-10(7-19-11)12(16)15-6-8-2-1-3-9(4-8)13(17)18/h1-5,7H,6H2,(H,15,16)(H,17,18). The number of rotatable bonds is 4. The van der Waals surface area contributed by atoms with Crippen LogP contribution in [0, 0.1) is 0 Å². The Morgan fingerprint density at radius 3 is 2.68 bits per heavy atom. The normalized spacial score (nSPS) is 10.2. The molecule has 1 aromatic heterocycles. The minimum atomic E-state index is -0.994. The maximum absolute atomic E-state index is 11.7. The van der Waals surface area contributed by atoms with Crippen LogP contribution in [0.3, 0.4) is 0 Å². The van der Waals surface area contributed by atoms with Gasteiger partial charge in [-0.15, -0.1) is 0 Å². The van der Waals surface area contributed by atoms with Gasteiger partial charge in [0.2, 0.25) is 0 Å². The molecule has 2 N–H and O–H groups in total. The summed E-state index contributed by atoms with van der Waals surface area (Å²) in [4.78, 5) is 22.6. The predicted octanol–water partition coefficient (Wildman–Crippen LogP) is 2.67. The van der Waals surface area contributed by atoms with Crippen LogP contribution < -0.4 is 5.32 Å². The first kappa shape index (κ1) is 13.4. The van der Waals surface area contributed by atoms with Crippen LogP contribution in [-0.4, -0.2) is 17.0 Å². The van der Waals surface area contributed by atoms with Crippen molar-refractivity contribution >= 4 is 27.8 Å². The second-order valence-electron chi connectivity index (χ2n) is 3.83. The second kappa shape index (κ2) is 5.71. The Hall–Kier alpha value is -2.08. The number of halogens is 1.